The van der Waals surface area contributed by atoms with E-state index in [1.807, 2.05) is 27.9 Å². The zero-order valence-corrected chi connectivity index (χ0v) is 11.6. The number of rotatable bonds is 7. The highest BCUT2D eigenvalue weighted by Gasteiger charge is 2.08. The van der Waals surface area contributed by atoms with Gasteiger partial charge in [0.1, 0.15) is 6.61 Å². The van der Waals surface area contributed by atoms with Gasteiger partial charge in [-0.15, -0.1) is 0 Å². The first kappa shape index (κ1) is 14.4. The molecule has 1 rings (SSSR count). The molecule has 1 aromatic heterocycles. The second-order valence-electron chi connectivity index (χ2n) is 4.15. The van der Waals surface area contributed by atoms with Gasteiger partial charge < -0.3 is 19.7 Å². The summed E-state index contributed by atoms with van der Waals surface area (Å²) in [6.45, 7) is 4.88. The van der Waals surface area contributed by atoms with E-state index in [4.69, 9.17) is 9.47 Å². The molecule has 7 heteroatoms. The largest absolute Gasteiger partial charge is 0.461 e. The van der Waals surface area contributed by atoms with Crippen LogP contribution in [0.4, 0.5) is 11.9 Å². The second kappa shape index (κ2) is 6.95. The maximum atomic E-state index is 5.44. The van der Waals surface area contributed by atoms with Crippen LogP contribution in [0, 0.1) is 0 Å². The zero-order chi connectivity index (χ0) is 13.5. The average molecular weight is 255 g/mol. The van der Waals surface area contributed by atoms with Crippen molar-refractivity contribution in [3.8, 4) is 6.01 Å². The number of anilines is 2. The molecule has 1 heterocycles. The quantitative estimate of drug-likeness (QED) is 0.722. The molecule has 1 N–H and O–H groups in total. The van der Waals surface area contributed by atoms with Crippen molar-refractivity contribution in [1.82, 2.24) is 15.0 Å². The Morgan fingerprint density at radius 3 is 2.44 bits per heavy atom. The van der Waals surface area contributed by atoms with E-state index in [0.717, 1.165) is 0 Å². The van der Waals surface area contributed by atoms with E-state index in [0.29, 0.717) is 31.1 Å². The normalized spacial score (nSPS) is 10.6. The summed E-state index contributed by atoms with van der Waals surface area (Å²) in [6.07, 6.45) is 0.192. The Balaban J connectivity index is 2.61. The Labute approximate surface area is 108 Å². The first-order valence-corrected chi connectivity index (χ1v) is 5.88. The van der Waals surface area contributed by atoms with Gasteiger partial charge in [0.05, 0.1) is 12.7 Å². The van der Waals surface area contributed by atoms with Crippen LogP contribution in [0.2, 0.25) is 0 Å². The van der Waals surface area contributed by atoms with Gasteiger partial charge in [0.2, 0.25) is 11.9 Å². The molecule has 0 aromatic carbocycles. The predicted molar refractivity (Wildman–Crippen MR) is 70.3 cm³/mol. The maximum Gasteiger partial charge on any atom is 0.323 e. The Hall–Kier alpha value is -1.63. The van der Waals surface area contributed by atoms with Crippen molar-refractivity contribution in [1.29, 1.82) is 0 Å². The fraction of sp³-hybridized carbons (Fsp3) is 0.727. The fourth-order valence-corrected chi connectivity index (χ4v) is 1.14. The van der Waals surface area contributed by atoms with Gasteiger partial charge in [-0.3, -0.25) is 0 Å². The van der Waals surface area contributed by atoms with E-state index in [2.05, 4.69) is 20.3 Å². The van der Waals surface area contributed by atoms with Crippen molar-refractivity contribution >= 4 is 11.9 Å². The highest BCUT2D eigenvalue weighted by molar-refractivity contribution is 5.36. The summed E-state index contributed by atoms with van der Waals surface area (Å²) in [5, 5.41) is 2.87. The standard InChI is InChI=1S/C11H21N5O2/c1-8(2)17-6-7-18-11-14-9(12-3)13-10(15-11)16(4)5/h8H,6-7H2,1-5H3,(H,12,13,14,15). The van der Waals surface area contributed by atoms with Crippen molar-refractivity contribution in [2.45, 2.75) is 20.0 Å². The first-order chi connectivity index (χ1) is 8.52. The molecular weight excluding hydrogens is 234 g/mol. The van der Waals surface area contributed by atoms with Crippen LogP contribution in [0.1, 0.15) is 13.8 Å². The molecule has 0 saturated heterocycles. The Morgan fingerprint density at radius 2 is 1.89 bits per heavy atom. The molecule has 1 aromatic rings. The van der Waals surface area contributed by atoms with Crippen LogP contribution < -0.4 is 15.0 Å². The molecule has 0 saturated carbocycles. The Bertz CT molecular complexity index is 370. The van der Waals surface area contributed by atoms with Crippen LogP contribution in [0.25, 0.3) is 0 Å². The van der Waals surface area contributed by atoms with Crippen LogP contribution in [0.3, 0.4) is 0 Å². The van der Waals surface area contributed by atoms with Gasteiger partial charge in [0, 0.05) is 21.1 Å². The molecule has 0 spiro atoms. The maximum absolute atomic E-state index is 5.44. The lowest BCUT2D eigenvalue weighted by molar-refractivity contribution is 0.0531. The Morgan fingerprint density at radius 1 is 1.17 bits per heavy atom. The number of ether oxygens (including phenoxy) is 2. The smallest absolute Gasteiger partial charge is 0.323 e. The van der Waals surface area contributed by atoms with Crippen LogP contribution in [0.15, 0.2) is 0 Å². The van der Waals surface area contributed by atoms with Crippen LogP contribution >= 0.6 is 0 Å². The molecule has 0 aliphatic heterocycles. The third kappa shape index (κ3) is 4.70. The van der Waals surface area contributed by atoms with Gasteiger partial charge in [-0.1, -0.05) is 0 Å². The molecule has 7 nitrogen and oxygen atoms in total. The summed E-state index contributed by atoms with van der Waals surface area (Å²) in [5.74, 6) is 1.03. The zero-order valence-electron chi connectivity index (χ0n) is 11.6. The van der Waals surface area contributed by atoms with Gasteiger partial charge in [-0.25, -0.2) is 0 Å². The number of hydrogen-bond donors (Lipinski definition) is 1. The number of nitrogens with zero attached hydrogens (tertiary/aromatic N) is 4. The molecule has 0 amide bonds. The van der Waals surface area contributed by atoms with Gasteiger partial charge in [0.25, 0.3) is 0 Å². The van der Waals surface area contributed by atoms with E-state index in [-0.39, 0.29) is 6.10 Å². The summed E-state index contributed by atoms with van der Waals surface area (Å²) < 4.78 is 10.8. The summed E-state index contributed by atoms with van der Waals surface area (Å²) in [6, 6.07) is 0.297. The third-order valence-electron chi connectivity index (χ3n) is 1.99. The predicted octanol–water partition coefficient (Wildman–Crippen LogP) is 0.783. The van der Waals surface area contributed by atoms with E-state index < -0.39 is 0 Å². The SMILES string of the molecule is CNc1nc(OCCOC(C)C)nc(N(C)C)n1. The van der Waals surface area contributed by atoms with Crippen molar-refractivity contribution in [3.63, 3.8) is 0 Å². The highest BCUT2D eigenvalue weighted by Crippen LogP contribution is 2.12. The number of aromatic nitrogens is 3. The topological polar surface area (TPSA) is 72.4 Å². The summed E-state index contributed by atoms with van der Waals surface area (Å²) >= 11 is 0. The lowest BCUT2D eigenvalue weighted by Crippen LogP contribution is -2.17. The van der Waals surface area contributed by atoms with E-state index in [1.54, 1.807) is 11.9 Å². The van der Waals surface area contributed by atoms with Crippen molar-refractivity contribution in [2.75, 3.05) is 44.6 Å². The number of hydrogen-bond acceptors (Lipinski definition) is 7. The molecule has 0 atom stereocenters. The van der Waals surface area contributed by atoms with Crippen LogP contribution in [-0.4, -0.2) is 55.4 Å². The molecule has 0 aliphatic rings. The van der Waals surface area contributed by atoms with Crippen LogP contribution in [-0.2, 0) is 4.74 Å². The minimum atomic E-state index is 0.192. The summed E-state index contributed by atoms with van der Waals surface area (Å²) in [7, 11) is 5.47. The summed E-state index contributed by atoms with van der Waals surface area (Å²) in [4.78, 5) is 14.3. The van der Waals surface area contributed by atoms with Crippen LogP contribution in [0.5, 0.6) is 6.01 Å². The Kier molecular flexibility index (Phi) is 5.57. The molecule has 0 radical (unpaired) electrons. The average Bonchev–Trinajstić information content (AvgIpc) is 2.34. The lowest BCUT2D eigenvalue weighted by Gasteiger charge is -2.13. The molecule has 0 unspecified atom stereocenters. The van der Waals surface area contributed by atoms with E-state index in [9.17, 15) is 0 Å². The minimum absolute atomic E-state index is 0.192. The van der Waals surface area contributed by atoms with Gasteiger partial charge in [-0.05, 0) is 13.8 Å². The van der Waals surface area contributed by atoms with Crippen molar-refractivity contribution in [3.05, 3.63) is 0 Å². The molecular formula is C11H21N5O2. The fourth-order valence-electron chi connectivity index (χ4n) is 1.14. The monoisotopic (exact) mass is 255 g/mol. The second-order valence-corrected chi connectivity index (χ2v) is 4.15. The van der Waals surface area contributed by atoms with Gasteiger partial charge in [-0.2, -0.15) is 15.0 Å². The first-order valence-electron chi connectivity index (χ1n) is 5.88. The molecule has 0 aliphatic carbocycles. The minimum Gasteiger partial charge on any atom is -0.461 e. The van der Waals surface area contributed by atoms with Gasteiger partial charge >= 0.3 is 6.01 Å². The highest BCUT2D eigenvalue weighted by atomic mass is 16.5. The summed E-state index contributed by atoms with van der Waals surface area (Å²) in [5.41, 5.74) is 0. The van der Waals surface area contributed by atoms with E-state index in [1.165, 1.54) is 0 Å². The van der Waals surface area contributed by atoms with Gasteiger partial charge in [0.15, 0.2) is 0 Å². The third-order valence-corrected chi connectivity index (χ3v) is 1.99. The molecule has 0 fully saturated rings. The molecule has 18 heavy (non-hydrogen) atoms. The van der Waals surface area contributed by atoms with Crippen molar-refractivity contribution < 1.29 is 9.47 Å². The lowest BCUT2D eigenvalue weighted by atomic mass is 10.5. The van der Waals surface area contributed by atoms with E-state index >= 15 is 0 Å². The number of nitrogens with one attached hydrogen (secondary N) is 1. The molecule has 102 valence electrons. The molecule has 0 bridgehead atoms. The van der Waals surface area contributed by atoms with Crippen molar-refractivity contribution in [2.24, 2.45) is 0 Å².